The summed E-state index contributed by atoms with van der Waals surface area (Å²) >= 11 is 0. The highest BCUT2D eigenvalue weighted by molar-refractivity contribution is 6.74. The van der Waals surface area contributed by atoms with Crippen LogP contribution in [0.1, 0.15) is 151 Å². The Hall–Kier alpha value is -1.24. The molecule has 0 saturated heterocycles. The quantitative estimate of drug-likeness (QED) is 0.0475. The summed E-state index contributed by atoms with van der Waals surface area (Å²) in [6.07, 6.45) is 16.4. The molecule has 10 heteroatoms. The lowest BCUT2D eigenvalue weighted by atomic mass is 10.0. The van der Waals surface area contributed by atoms with Crippen LogP contribution in [0, 0.1) is 0 Å². The highest BCUT2D eigenvalue weighted by Gasteiger charge is 2.40. The fourth-order valence-corrected chi connectivity index (χ4v) is 6.65. The lowest BCUT2D eigenvalue weighted by Gasteiger charge is -2.39. The van der Waals surface area contributed by atoms with Crippen molar-refractivity contribution in [1.29, 1.82) is 0 Å². The molecule has 0 bridgehead atoms. The Morgan fingerprint density at radius 1 is 0.604 bits per heavy atom. The minimum Gasteiger partial charge on any atom is -0.464 e. The number of hydrogen-bond donors (Lipinski definition) is 0. The molecule has 284 valence electrons. The van der Waals surface area contributed by atoms with Gasteiger partial charge in [-0.25, -0.2) is 0 Å². The Balaban J connectivity index is 4.37. The monoisotopic (exact) mass is 716 g/mol. The number of carbonyl (C=O) groups is 3. The van der Waals surface area contributed by atoms with Gasteiger partial charge in [-0.15, -0.1) is 0 Å². The molecule has 1 amide bonds. The Morgan fingerprint density at radius 3 is 1.42 bits per heavy atom. The number of carbonyl (C=O) groups excluding carboxylic acids is 3. The van der Waals surface area contributed by atoms with E-state index in [1.165, 1.54) is 70.6 Å². The van der Waals surface area contributed by atoms with E-state index in [4.69, 9.17) is 18.3 Å². The van der Waals surface area contributed by atoms with Crippen molar-refractivity contribution in [2.75, 3.05) is 33.4 Å². The number of rotatable bonds is 27. The van der Waals surface area contributed by atoms with Crippen LogP contribution in [0.4, 0.5) is 0 Å². The van der Waals surface area contributed by atoms with Gasteiger partial charge in [0, 0.05) is 13.5 Å². The fourth-order valence-electron chi connectivity index (χ4n) is 4.58. The topological polar surface area (TPSA) is 91.4 Å². The summed E-state index contributed by atoms with van der Waals surface area (Å²) in [5, 5.41) is 0.0485. The second kappa shape index (κ2) is 24.0. The molecule has 0 aromatic heterocycles. The van der Waals surface area contributed by atoms with E-state index >= 15 is 0 Å². The number of amides is 1. The number of hydrogen-bond acceptors (Lipinski definition) is 7. The molecule has 0 aliphatic carbocycles. The van der Waals surface area contributed by atoms with Gasteiger partial charge in [0.15, 0.2) is 16.6 Å². The minimum atomic E-state index is -2.06. The Labute approximate surface area is 298 Å². The standard InChI is InChI=1S/C38H77NO7Si2/c1-13-14-15-16-17-18-19-20-21-22-23-24-25-26-34(40)39(8)29-30-43-35(41)27-28-36(42)46-33(31-44-47(9,10)37(2,3)4)32-45-48(11,12)38(5,6)7/h33H,13-32H2,1-12H3. The van der Waals surface area contributed by atoms with Crippen molar-refractivity contribution in [3.63, 3.8) is 0 Å². The van der Waals surface area contributed by atoms with E-state index in [9.17, 15) is 14.4 Å². The van der Waals surface area contributed by atoms with Gasteiger partial charge in [-0.1, -0.05) is 126 Å². The zero-order valence-electron chi connectivity index (χ0n) is 33.5. The van der Waals surface area contributed by atoms with Crippen LogP contribution in [0.2, 0.25) is 36.3 Å². The van der Waals surface area contributed by atoms with Crippen molar-refractivity contribution in [1.82, 2.24) is 4.90 Å². The number of likely N-dealkylation sites (N-methyl/N-ethyl adjacent to an activating group) is 1. The summed E-state index contributed by atoms with van der Waals surface area (Å²) in [5.74, 6) is -0.876. The number of ether oxygens (including phenoxy) is 2. The zero-order chi connectivity index (χ0) is 36.9. The molecule has 0 fully saturated rings. The summed E-state index contributed by atoms with van der Waals surface area (Å²) < 4.78 is 23.8. The van der Waals surface area contributed by atoms with Crippen LogP contribution in [-0.2, 0) is 32.7 Å². The molecule has 0 unspecified atom stereocenters. The largest absolute Gasteiger partial charge is 0.464 e. The van der Waals surface area contributed by atoms with E-state index in [0.717, 1.165) is 12.8 Å². The SMILES string of the molecule is CCCCCCCCCCCCCCCC(=O)N(C)CCOC(=O)CCC(=O)OC(CO[Si](C)(C)C(C)(C)C)CO[Si](C)(C)C(C)(C)C. The van der Waals surface area contributed by atoms with Crippen molar-refractivity contribution in [2.45, 2.75) is 194 Å². The first-order valence-electron chi connectivity index (χ1n) is 19.1. The van der Waals surface area contributed by atoms with E-state index in [-0.39, 0.29) is 48.6 Å². The second-order valence-electron chi connectivity index (χ2n) is 16.8. The zero-order valence-corrected chi connectivity index (χ0v) is 35.5. The van der Waals surface area contributed by atoms with Gasteiger partial charge in [-0.3, -0.25) is 14.4 Å². The van der Waals surface area contributed by atoms with E-state index in [1.807, 2.05) is 0 Å². The van der Waals surface area contributed by atoms with E-state index in [0.29, 0.717) is 13.0 Å². The van der Waals surface area contributed by atoms with Crippen molar-refractivity contribution in [3.8, 4) is 0 Å². The Morgan fingerprint density at radius 2 is 1.00 bits per heavy atom. The first kappa shape index (κ1) is 46.8. The smallest absolute Gasteiger partial charge is 0.306 e. The lowest BCUT2D eigenvalue weighted by molar-refractivity contribution is -0.156. The van der Waals surface area contributed by atoms with Gasteiger partial charge in [0.1, 0.15) is 12.7 Å². The molecule has 0 aliphatic heterocycles. The van der Waals surface area contributed by atoms with Gasteiger partial charge in [0.2, 0.25) is 5.91 Å². The average Bonchev–Trinajstić information content (AvgIpc) is 2.98. The van der Waals surface area contributed by atoms with E-state index in [2.05, 4.69) is 74.7 Å². The van der Waals surface area contributed by atoms with Gasteiger partial charge in [0.25, 0.3) is 0 Å². The summed E-state index contributed by atoms with van der Waals surface area (Å²) in [5.41, 5.74) is 0. The summed E-state index contributed by atoms with van der Waals surface area (Å²) in [6, 6.07) is 0. The van der Waals surface area contributed by atoms with Gasteiger partial charge >= 0.3 is 11.9 Å². The van der Waals surface area contributed by atoms with E-state index < -0.39 is 34.7 Å². The maximum absolute atomic E-state index is 12.8. The predicted octanol–water partition coefficient (Wildman–Crippen LogP) is 10.2. The highest BCUT2D eigenvalue weighted by atomic mass is 28.4. The lowest BCUT2D eigenvalue weighted by Crippen LogP contribution is -2.46. The molecule has 0 heterocycles. The number of esters is 2. The predicted molar refractivity (Wildman–Crippen MR) is 204 cm³/mol. The fraction of sp³-hybridized carbons (Fsp3) is 0.921. The molecule has 0 atom stereocenters. The Kier molecular flexibility index (Phi) is 23.4. The van der Waals surface area contributed by atoms with Crippen molar-refractivity contribution >= 4 is 34.5 Å². The maximum atomic E-state index is 12.8. The normalized spacial score (nSPS) is 12.8. The molecule has 0 rings (SSSR count). The minimum absolute atomic E-state index is 0.0243. The molecule has 0 radical (unpaired) electrons. The molecule has 0 saturated carbocycles. The van der Waals surface area contributed by atoms with Crippen LogP contribution in [0.3, 0.4) is 0 Å². The van der Waals surface area contributed by atoms with Crippen molar-refractivity contribution in [2.24, 2.45) is 0 Å². The molecule has 0 aromatic rings. The van der Waals surface area contributed by atoms with Gasteiger partial charge in [0.05, 0.1) is 32.6 Å². The molecular weight excluding hydrogens is 639 g/mol. The number of nitrogens with zero attached hydrogens (tertiary/aromatic N) is 1. The molecule has 0 aromatic carbocycles. The first-order chi connectivity index (χ1) is 22.2. The summed E-state index contributed by atoms with van der Waals surface area (Å²) in [7, 11) is -2.38. The third-order valence-corrected chi connectivity index (χ3v) is 19.3. The van der Waals surface area contributed by atoms with Crippen LogP contribution < -0.4 is 0 Å². The third kappa shape index (κ3) is 21.8. The Bertz CT molecular complexity index is 866. The van der Waals surface area contributed by atoms with Gasteiger partial charge in [-0.05, 0) is 42.7 Å². The van der Waals surface area contributed by atoms with Crippen molar-refractivity contribution in [3.05, 3.63) is 0 Å². The van der Waals surface area contributed by atoms with Crippen LogP contribution in [0.5, 0.6) is 0 Å². The third-order valence-electron chi connectivity index (χ3n) is 10.3. The van der Waals surface area contributed by atoms with Crippen LogP contribution in [-0.4, -0.2) is 78.9 Å². The highest BCUT2D eigenvalue weighted by Crippen LogP contribution is 2.38. The second-order valence-corrected chi connectivity index (χ2v) is 26.4. The summed E-state index contributed by atoms with van der Waals surface area (Å²) in [6.45, 7) is 24.9. The molecule has 8 nitrogen and oxygen atoms in total. The maximum Gasteiger partial charge on any atom is 0.306 e. The summed E-state index contributed by atoms with van der Waals surface area (Å²) in [4.78, 5) is 39.2. The molecule has 48 heavy (non-hydrogen) atoms. The molecular formula is C38H77NO7Si2. The van der Waals surface area contributed by atoms with Gasteiger partial charge < -0.3 is 23.2 Å². The van der Waals surface area contributed by atoms with Crippen LogP contribution in [0.15, 0.2) is 0 Å². The molecule has 0 spiro atoms. The number of unbranched alkanes of at least 4 members (excludes halogenated alkanes) is 12. The first-order valence-corrected chi connectivity index (χ1v) is 24.9. The average molecular weight is 716 g/mol. The van der Waals surface area contributed by atoms with Crippen molar-refractivity contribution < 1.29 is 32.7 Å². The molecule has 0 N–H and O–H groups in total. The van der Waals surface area contributed by atoms with Crippen LogP contribution in [0.25, 0.3) is 0 Å². The van der Waals surface area contributed by atoms with Crippen LogP contribution >= 0.6 is 0 Å². The molecule has 0 aliphatic rings. The van der Waals surface area contributed by atoms with E-state index in [1.54, 1.807) is 11.9 Å². The van der Waals surface area contributed by atoms with Gasteiger partial charge in [-0.2, -0.15) is 0 Å².